The Morgan fingerprint density at radius 3 is 1.71 bits per heavy atom. The first kappa shape index (κ1) is 20.6. The van der Waals surface area contributed by atoms with E-state index in [4.69, 9.17) is 5.11 Å². The Morgan fingerprint density at radius 2 is 1.18 bits per heavy atom. The molecule has 0 unspecified atom stereocenters. The number of hydrogen-bond donors (Lipinski definition) is 2. The molecule has 2 aromatic rings. The summed E-state index contributed by atoms with van der Waals surface area (Å²) < 4.78 is 0. The Morgan fingerprint density at radius 1 is 0.679 bits per heavy atom. The lowest BCUT2D eigenvalue weighted by Crippen LogP contribution is -2.47. The van der Waals surface area contributed by atoms with E-state index < -0.39 is 0 Å². The van der Waals surface area contributed by atoms with Crippen molar-refractivity contribution < 1.29 is 5.11 Å². The second-order valence-electron chi connectivity index (χ2n) is 7.36. The van der Waals surface area contributed by atoms with E-state index in [0.717, 1.165) is 52.2 Å². The molecule has 0 spiro atoms. The lowest BCUT2D eigenvalue weighted by atomic mass is 10.1. The van der Waals surface area contributed by atoms with Crippen molar-refractivity contribution in [3.05, 3.63) is 59.7 Å². The van der Waals surface area contributed by atoms with Gasteiger partial charge in [0, 0.05) is 50.6 Å². The van der Waals surface area contributed by atoms with Crippen molar-refractivity contribution in [2.75, 3.05) is 57.3 Å². The van der Waals surface area contributed by atoms with Crippen LogP contribution in [0.15, 0.2) is 48.5 Å². The number of β-amino-alcohol motifs (C(OH)–C–C–N with tert-alkyl or cyclic N) is 1. The normalized spacial score (nSPS) is 16.8. The molecule has 0 bridgehead atoms. The van der Waals surface area contributed by atoms with E-state index in [2.05, 4.69) is 75.4 Å². The molecular weight excluding hydrogens is 348 g/mol. The SMILES string of the molecule is N.OCCN1CCN(CCCN2c3ccccc3C=Cc3ccccc32)CC1. The largest absolute Gasteiger partial charge is 0.395 e. The van der Waals surface area contributed by atoms with Gasteiger partial charge in [-0.2, -0.15) is 0 Å². The summed E-state index contributed by atoms with van der Waals surface area (Å²) in [5, 5.41) is 9.09. The number of para-hydroxylation sites is 2. The molecule has 0 atom stereocenters. The average molecular weight is 381 g/mol. The van der Waals surface area contributed by atoms with Crippen LogP contribution in [0.2, 0.25) is 0 Å². The third kappa shape index (κ3) is 4.62. The molecular formula is C23H32N4O. The van der Waals surface area contributed by atoms with E-state index in [-0.39, 0.29) is 12.8 Å². The van der Waals surface area contributed by atoms with Crippen LogP contribution in [0.5, 0.6) is 0 Å². The second-order valence-corrected chi connectivity index (χ2v) is 7.36. The van der Waals surface area contributed by atoms with Gasteiger partial charge in [0.1, 0.15) is 0 Å². The van der Waals surface area contributed by atoms with Crippen LogP contribution in [0.1, 0.15) is 17.5 Å². The highest BCUT2D eigenvalue weighted by Gasteiger charge is 2.19. The molecule has 28 heavy (non-hydrogen) atoms. The molecule has 0 aliphatic carbocycles. The Kier molecular flexibility index (Phi) is 7.23. The molecule has 150 valence electrons. The number of nitrogens with zero attached hydrogens (tertiary/aromatic N) is 3. The predicted octanol–water partition coefficient (Wildman–Crippen LogP) is 3.47. The third-order valence-electron chi connectivity index (χ3n) is 5.63. The number of fused-ring (bicyclic) bond motifs is 2. The van der Waals surface area contributed by atoms with Gasteiger partial charge >= 0.3 is 0 Å². The highest BCUT2D eigenvalue weighted by Crippen LogP contribution is 2.36. The van der Waals surface area contributed by atoms with Gasteiger partial charge in [-0.1, -0.05) is 48.6 Å². The fourth-order valence-corrected chi connectivity index (χ4v) is 4.13. The minimum Gasteiger partial charge on any atom is -0.395 e. The molecule has 1 fully saturated rings. The molecule has 0 radical (unpaired) electrons. The van der Waals surface area contributed by atoms with Crippen LogP contribution in [-0.2, 0) is 0 Å². The Labute approximate surface area is 168 Å². The smallest absolute Gasteiger partial charge is 0.0558 e. The number of rotatable bonds is 6. The van der Waals surface area contributed by atoms with Gasteiger partial charge in [-0.3, -0.25) is 4.90 Å². The monoisotopic (exact) mass is 380 g/mol. The van der Waals surface area contributed by atoms with Gasteiger partial charge < -0.3 is 21.1 Å². The van der Waals surface area contributed by atoms with E-state index in [1.54, 1.807) is 0 Å². The number of benzene rings is 2. The summed E-state index contributed by atoms with van der Waals surface area (Å²) in [7, 11) is 0. The molecule has 2 aliphatic heterocycles. The lowest BCUT2D eigenvalue weighted by Gasteiger charge is -2.35. The van der Waals surface area contributed by atoms with E-state index in [0.29, 0.717) is 0 Å². The maximum absolute atomic E-state index is 9.09. The zero-order valence-corrected chi connectivity index (χ0v) is 16.6. The quantitative estimate of drug-likeness (QED) is 0.803. The van der Waals surface area contributed by atoms with Crippen LogP contribution in [0, 0.1) is 0 Å². The summed E-state index contributed by atoms with van der Waals surface area (Å²) in [5.74, 6) is 0. The lowest BCUT2D eigenvalue weighted by molar-refractivity contribution is 0.112. The topological polar surface area (TPSA) is 65.0 Å². The zero-order valence-electron chi connectivity index (χ0n) is 16.6. The highest BCUT2D eigenvalue weighted by atomic mass is 16.3. The first-order chi connectivity index (χ1) is 13.3. The van der Waals surface area contributed by atoms with Crippen molar-refractivity contribution in [3.63, 3.8) is 0 Å². The van der Waals surface area contributed by atoms with E-state index in [1.807, 2.05) is 0 Å². The van der Waals surface area contributed by atoms with Crippen LogP contribution >= 0.6 is 0 Å². The van der Waals surface area contributed by atoms with Gasteiger partial charge in [-0.25, -0.2) is 0 Å². The van der Waals surface area contributed by atoms with Crippen LogP contribution in [-0.4, -0.2) is 67.3 Å². The van der Waals surface area contributed by atoms with E-state index in [1.165, 1.54) is 22.5 Å². The highest BCUT2D eigenvalue weighted by molar-refractivity contribution is 5.88. The van der Waals surface area contributed by atoms with Crippen molar-refractivity contribution in [1.82, 2.24) is 16.0 Å². The van der Waals surface area contributed by atoms with Gasteiger partial charge in [0.25, 0.3) is 0 Å². The fourth-order valence-electron chi connectivity index (χ4n) is 4.13. The molecule has 4 rings (SSSR count). The molecule has 4 N–H and O–H groups in total. The molecule has 0 saturated carbocycles. The van der Waals surface area contributed by atoms with Gasteiger partial charge in [0.2, 0.25) is 0 Å². The summed E-state index contributed by atoms with van der Waals surface area (Å²) in [4.78, 5) is 7.39. The molecule has 2 heterocycles. The summed E-state index contributed by atoms with van der Waals surface area (Å²) in [6.07, 6.45) is 5.60. The molecule has 0 amide bonds. The standard InChI is InChI=1S/C23H29N3O.H3N/c27-19-18-25-16-14-24(15-17-25)12-5-13-26-22-8-3-1-6-20(22)10-11-21-7-2-4-9-23(21)26;/h1-4,6-11,27H,5,12-19H2;1H3. The van der Waals surface area contributed by atoms with E-state index in [9.17, 15) is 0 Å². The average Bonchev–Trinajstić information content (AvgIpc) is 2.87. The maximum atomic E-state index is 9.09. The minimum absolute atomic E-state index is 0. The number of aliphatic hydroxyl groups excluding tert-OH is 1. The molecule has 1 saturated heterocycles. The molecule has 2 aromatic carbocycles. The Balaban J connectivity index is 0.00000225. The maximum Gasteiger partial charge on any atom is 0.0558 e. The van der Waals surface area contributed by atoms with Crippen molar-refractivity contribution in [1.29, 1.82) is 0 Å². The van der Waals surface area contributed by atoms with Crippen molar-refractivity contribution in [3.8, 4) is 0 Å². The van der Waals surface area contributed by atoms with Gasteiger partial charge in [-0.15, -0.1) is 0 Å². The zero-order chi connectivity index (χ0) is 18.5. The number of anilines is 2. The molecule has 2 aliphatic rings. The Bertz CT molecular complexity index is 734. The van der Waals surface area contributed by atoms with Gasteiger partial charge in [0.05, 0.1) is 6.61 Å². The van der Waals surface area contributed by atoms with Crippen molar-refractivity contribution >= 4 is 23.5 Å². The predicted molar refractivity (Wildman–Crippen MR) is 118 cm³/mol. The summed E-state index contributed by atoms with van der Waals surface area (Å²) in [6, 6.07) is 17.4. The molecule has 5 nitrogen and oxygen atoms in total. The first-order valence-electron chi connectivity index (χ1n) is 10.0. The fraction of sp³-hybridized carbons (Fsp3) is 0.391. The van der Waals surface area contributed by atoms with E-state index >= 15 is 0 Å². The summed E-state index contributed by atoms with van der Waals surface area (Å²) >= 11 is 0. The van der Waals surface area contributed by atoms with Crippen molar-refractivity contribution in [2.24, 2.45) is 0 Å². The minimum atomic E-state index is 0. The van der Waals surface area contributed by atoms with Gasteiger partial charge in [-0.05, 0) is 36.2 Å². The Hall–Kier alpha value is -2.18. The molecule has 5 heteroatoms. The number of piperazine rings is 1. The van der Waals surface area contributed by atoms with Crippen LogP contribution in [0.3, 0.4) is 0 Å². The van der Waals surface area contributed by atoms with Crippen LogP contribution in [0.25, 0.3) is 12.2 Å². The van der Waals surface area contributed by atoms with Gasteiger partial charge in [0.15, 0.2) is 0 Å². The number of hydrogen-bond acceptors (Lipinski definition) is 5. The molecule has 0 aromatic heterocycles. The summed E-state index contributed by atoms with van der Waals surface area (Å²) in [6.45, 7) is 7.57. The van der Waals surface area contributed by atoms with Crippen LogP contribution < -0.4 is 11.1 Å². The van der Waals surface area contributed by atoms with Crippen LogP contribution in [0.4, 0.5) is 11.4 Å². The third-order valence-corrected chi connectivity index (χ3v) is 5.63. The first-order valence-corrected chi connectivity index (χ1v) is 10.0. The number of aliphatic hydroxyl groups is 1. The second kappa shape index (κ2) is 9.85. The van der Waals surface area contributed by atoms with Crippen molar-refractivity contribution in [2.45, 2.75) is 6.42 Å². The summed E-state index contributed by atoms with van der Waals surface area (Å²) in [5.41, 5.74) is 5.16.